The van der Waals surface area contributed by atoms with E-state index in [1.807, 2.05) is 49.5 Å². The van der Waals surface area contributed by atoms with Gasteiger partial charge in [-0.25, -0.2) is 4.98 Å². The molecular weight excluding hydrogens is 1070 g/mol. The number of hydrogen-bond donors (Lipinski definition) is 0. The zero-order valence-corrected chi connectivity index (χ0v) is 42.9. The van der Waals surface area contributed by atoms with Crippen LogP contribution in [-0.4, -0.2) is 19.9 Å². The Kier molecular flexibility index (Phi) is 13.0. The maximum Gasteiger partial charge on any atom is 3.00 e. The monoisotopic (exact) mass is 1120 g/mol. The van der Waals surface area contributed by atoms with Crippen molar-refractivity contribution < 1.29 is 24.5 Å². The number of nitriles is 1. The molecule has 5 aromatic heterocycles. The quantitative estimate of drug-likeness (QED) is 0.120. The molecule has 7 nitrogen and oxygen atoms in total. The summed E-state index contributed by atoms with van der Waals surface area (Å²) in [5.41, 5.74) is 17.9. The first-order chi connectivity index (χ1) is 35.4. The van der Waals surface area contributed by atoms with E-state index in [0.29, 0.717) is 17.0 Å². The Labute approximate surface area is 440 Å². The van der Waals surface area contributed by atoms with Crippen LogP contribution in [0.4, 0.5) is 5.69 Å². The molecule has 2 fully saturated rings. The van der Waals surface area contributed by atoms with Crippen molar-refractivity contribution in [2.24, 2.45) is 0 Å². The summed E-state index contributed by atoms with van der Waals surface area (Å²) >= 11 is 0. The molecule has 73 heavy (non-hydrogen) atoms. The van der Waals surface area contributed by atoms with Gasteiger partial charge < -0.3 is 19.4 Å². The van der Waals surface area contributed by atoms with Crippen LogP contribution < -0.4 is 0 Å². The number of aromatic nitrogens is 4. The molecule has 0 spiro atoms. The molecule has 10 aromatic rings. The fourth-order valence-electron chi connectivity index (χ4n) is 11.8. The molecule has 8 heteroatoms. The summed E-state index contributed by atoms with van der Waals surface area (Å²) < 4.78 is 6.35. The molecule has 0 aliphatic heterocycles. The van der Waals surface area contributed by atoms with Crippen LogP contribution in [0.15, 0.2) is 163 Å². The van der Waals surface area contributed by atoms with Gasteiger partial charge in [0.15, 0.2) is 0 Å². The summed E-state index contributed by atoms with van der Waals surface area (Å²) in [4.78, 5) is 23.4. The minimum atomic E-state index is -0.0696. The Morgan fingerprint density at radius 3 is 1.82 bits per heavy atom. The summed E-state index contributed by atoms with van der Waals surface area (Å²) in [6, 6.07) is 60.3. The zero-order valence-electron chi connectivity index (χ0n) is 40.5. The second-order valence-electron chi connectivity index (χ2n) is 19.9. The second kappa shape index (κ2) is 20.0. The summed E-state index contributed by atoms with van der Waals surface area (Å²) in [5, 5.41) is 11.6. The van der Waals surface area contributed by atoms with Gasteiger partial charge in [-0.1, -0.05) is 115 Å². The van der Waals surface area contributed by atoms with E-state index in [1.165, 1.54) is 53.5 Å². The van der Waals surface area contributed by atoms with Gasteiger partial charge in [0.2, 0.25) is 5.71 Å². The van der Waals surface area contributed by atoms with Crippen LogP contribution in [-0.2, 0) is 43.8 Å². The smallest absolute Gasteiger partial charge is 0.486 e. The average Bonchev–Trinajstić information content (AvgIpc) is 4.21. The predicted molar refractivity (Wildman–Crippen MR) is 285 cm³/mol. The van der Waals surface area contributed by atoms with Gasteiger partial charge in [-0.3, -0.25) is 4.85 Å². The van der Waals surface area contributed by atoms with Crippen LogP contribution in [0.25, 0.3) is 82.9 Å². The van der Waals surface area contributed by atoms with Gasteiger partial charge in [0.05, 0.1) is 18.2 Å². The normalized spacial score (nSPS) is 14.7. The number of fused-ring (bicyclic) bond motifs is 3. The van der Waals surface area contributed by atoms with E-state index in [4.69, 9.17) is 25.9 Å². The van der Waals surface area contributed by atoms with Crippen molar-refractivity contribution >= 4 is 27.8 Å². The standard InChI is InChI=1S/C65H49N6O.Ir/c1-43-20-24-57-56-18-11-19-58(62(56)72-63(57)71-43)61-25-21-49(40-68-61)54-16-3-4-17-55(54)50-34-45(37-64(28-5-6-29-64)51-22-26-59(69-41-51)47-13-9-12-44(33-47)39-66)32-46(35-50)38-65(30-7-8-31-65)52-23-27-60(70-42-52)48-14-10-15-53(36-48)67-2;/h3-4,9-12,15-18,20-27,32-36,40-42H,5-8,28-31,37-38H2,1H3;/q-3;+3. The molecule has 0 unspecified atom stereocenters. The van der Waals surface area contributed by atoms with Crippen molar-refractivity contribution in [1.29, 1.82) is 5.26 Å². The third-order valence-corrected chi connectivity index (χ3v) is 15.4. The number of rotatable bonds is 11. The van der Waals surface area contributed by atoms with Crippen molar-refractivity contribution in [2.45, 2.75) is 82.0 Å². The Hall–Kier alpha value is -7.87. The third kappa shape index (κ3) is 9.19. The van der Waals surface area contributed by atoms with Crippen molar-refractivity contribution in [1.82, 2.24) is 19.9 Å². The predicted octanol–water partition coefficient (Wildman–Crippen LogP) is 15.7. The third-order valence-electron chi connectivity index (χ3n) is 15.4. The Balaban J connectivity index is 0.00000574. The minimum absolute atomic E-state index is 0. The molecule has 0 N–H and O–H groups in total. The van der Waals surface area contributed by atoms with E-state index in [1.54, 1.807) is 18.2 Å². The van der Waals surface area contributed by atoms with Gasteiger partial charge in [0.25, 0.3) is 0 Å². The van der Waals surface area contributed by atoms with E-state index < -0.39 is 0 Å². The fourth-order valence-corrected chi connectivity index (χ4v) is 11.8. The molecule has 2 aliphatic rings. The SMILES string of the molecule is [C-]#[N+]c1cc[c-]c(-c2ccc(C3(Cc4cc(CC5(c6ccc(-c7[c-]ccc(C#N)c7)nc6)CCCC5)cc(-c5ccccc5-c5ccc(-c6[c-]ccc7c6oc6nc(C)ccc67)nc5)c4)CCCC3)cn2)c1.[Ir+3]. The first-order valence-electron chi connectivity index (χ1n) is 25.0. The van der Waals surface area contributed by atoms with E-state index in [2.05, 4.69) is 131 Å². The maximum absolute atomic E-state index is 9.57. The van der Waals surface area contributed by atoms with Crippen LogP contribution in [0.1, 0.15) is 84.9 Å². The molecule has 5 heterocycles. The van der Waals surface area contributed by atoms with Crippen LogP contribution >= 0.6 is 0 Å². The number of aryl methyl sites for hydroxylation is 1. The number of pyridine rings is 4. The minimum Gasteiger partial charge on any atom is -0.486 e. The molecule has 2 saturated carbocycles. The van der Waals surface area contributed by atoms with Crippen molar-refractivity contribution in [3.05, 3.63) is 221 Å². The van der Waals surface area contributed by atoms with Crippen molar-refractivity contribution in [3.63, 3.8) is 0 Å². The summed E-state index contributed by atoms with van der Waals surface area (Å²) in [5.74, 6) is 0. The first kappa shape index (κ1) is 47.5. The molecule has 0 radical (unpaired) electrons. The number of nitrogens with zero attached hydrogens (tertiary/aromatic N) is 6. The molecular formula is C65H49IrN6O. The molecule has 0 bridgehead atoms. The van der Waals surface area contributed by atoms with Gasteiger partial charge in [-0.2, -0.15) is 11.3 Å². The fraction of sp³-hybridized carbons (Fsp3) is 0.200. The Morgan fingerprint density at radius 2 is 1.22 bits per heavy atom. The van der Waals surface area contributed by atoms with Gasteiger partial charge >= 0.3 is 20.1 Å². The molecule has 2 aliphatic carbocycles. The van der Waals surface area contributed by atoms with E-state index in [9.17, 15) is 5.26 Å². The number of benzene rings is 5. The van der Waals surface area contributed by atoms with Crippen LogP contribution in [0, 0.1) is 43.0 Å². The van der Waals surface area contributed by atoms with E-state index in [-0.39, 0.29) is 30.9 Å². The molecule has 0 saturated heterocycles. The van der Waals surface area contributed by atoms with Crippen molar-refractivity contribution in [3.8, 4) is 62.1 Å². The number of hydrogen-bond acceptors (Lipinski definition) is 6. The molecule has 354 valence electrons. The van der Waals surface area contributed by atoms with Crippen LogP contribution in [0.5, 0.6) is 0 Å². The largest absolute Gasteiger partial charge is 3.00 e. The zero-order chi connectivity index (χ0) is 48.7. The average molecular weight is 1120 g/mol. The summed E-state index contributed by atoms with van der Waals surface area (Å²) in [7, 11) is 0. The summed E-state index contributed by atoms with van der Waals surface area (Å²) in [6.07, 6.45) is 17.0. The molecule has 12 rings (SSSR count). The topological polar surface area (TPSA) is 92.8 Å². The Morgan fingerprint density at radius 1 is 0.616 bits per heavy atom. The molecule has 5 aromatic carbocycles. The van der Waals surface area contributed by atoms with Crippen molar-refractivity contribution in [2.75, 3.05) is 0 Å². The van der Waals surface area contributed by atoms with Gasteiger partial charge in [0, 0.05) is 40.5 Å². The van der Waals surface area contributed by atoms with E-state index in [0.717, 1.165) is 111 Å². The maximum atomic E-state index is 9.57. The first-order valence-corrected chi connectivity index (χ1v) is 25.0. The number of furan rings is 1. The van der Waals surface area contributed by atoms with Gasteiger partial charge in [-0.05, 0) is 125 Å². The van der Waals surface area contributed by atoms with Crippen LogP contribution in [0.2, 0.25) is 0 Å². The van der Waals surface area contributed by atoms with Gasteiger partial charge in [0.1, 0.15) is 5.69 Å². The van der Waals surface area contributed by atoms with Gasteiger partial charge in [-0.15, -0.1) is 71.8 Å². The second-order valence-corrected chi connectivity index (χ2v) is 19.9. The Bertz CT molecular complexity index is 3600. The molecule has 0 atom stereocenters. The van der Waals surface area contributed by atoms with E-state index >= 15 is 0 Å². The summed E-state index contributed by atoms with van der Waals surface area (Å²) in [6.45, 7) is 9.51. The van der Waals surface area contributed by atoms with Crippen LogP contribution in [0.3, 0.4) is 0 Å². The molecule has 0 amide bonds.